The molecule has 4 heteroatoms. The predicted molar refractivity (Wildman–Crippen MR) is 70.5 cm³/mol. The highest BCUT2D eigenvalue weighted by Crippen LogP contribution is 2.13. The highest BCUT2D eigenvalue weighted by atomic mass is 16.3. The second-order valence-corrected chi connectivity index (χ2v) is 4.23. The summed E-state index contributed by atoms with van der Waals surface area (Å²) < 4.78 is 1.84. The van der Waals surface area contributed by atoms with Gasteiger partial charge in [-0.3, -0.25) is 4.79 Å². The van der Waals surface area contributed by atoms with Gasteiger partial charge in [0.1, 0.15) is 5.69 Å². The van der Waals surface area contributed by atoms with Gasteiger partial charge < -0.3 is 15.0 Å². The first-order valence-electron chi connectivity index (χ1n) is 5.75. The van der Waals surface area contributed by atoms with Gasteiger partial charge in [-0.05, 0) is 36.8 Å². The molecule has 0 bridgehead atoms. The number of carbonyl (C=O) groups excluding carboxylic acids is 1. The lowest BCUT2D eigenvalue weighted by Gasteiger charge is -2.08. The number of nitrogens with one attached hydrogen (secondary N) is 1. The third-order valence-electron chi connectivity index (χ3n) is 2.97. The molecule has 0 radical (unpaired) electrons. The lowest BCUT2D eigenvalue weighted by Crippen LogP contribution is -2.16. The van der Waals surface area contributed by atoms with Crippen LogP contribution in [-0.4, -0.2) is 15.6 Å². The Morgan fingerprint density at radius 3 is 2.72 bits per heavy atom. The second kappa shape index (κ2) is 5.06. The molecule has 4 nitrogen and oxygen atoms in total. The van der Waals surface area contributed by atoms with Gasteiger partial charge in [-0.25, -0.2) is 0 Å². The normalized spacial score (nSPS) is 10.4. The molecule has 1 aromatic carbocycles. The average molecular weight is 244 g/mol. The highest BCUT2D eigenvalue weighted by molar-refractivity contribution is 6.03. The Hall–Kier alpha value is -2.07. The minimum absolute atomic E-state index is 0.0347. The van der Waals surface area contributed by atoms with Gasteiger partial charge in [0.15, 0.2) is 0 Å². The number of aromatic nitrogens is 1. The van der Waals surface area contributed by atoms with Crippen LogP contribution < -0.4 is 5.32 Å². The number of benzene rings is 1. The fraction of sp³-hybridized carbons (Fsp3) is 0.214. The Labute approximate surface area is 106 Å². The van der Waals surface area contributed by atoms with Crippen molar-refractivity contribution >= 4 is 11.6 Å². The third kappa shape index (κ3) is 2.43. The van der Waals surface area contributed by atoms with Crippen LogP contribution in [0.25, 0.3) is 0 Å². The first-order chi connectivity index (χ1) is 8.61. The van der Waals surface area contributed by atoms with Crippen LogP contribution in [0.1, 0.15) is 21.7 Å². The number of aliphatic hydroxyl groups is 1. The Balaban J connectivity index is 2.18. The Kier molecular flexibility index (Phi) is 3.48. The summed E-state index contributed by atoms with van der Waals surface area (Å²) in [4.78, 5) is 12.1. The lowest BCUT2D eigenvalue weighted by molar-refractivity contribution is 0.101. The molecule has 0 atom stereocenters. The van der Waals surface area contributed by atoms with Gasteiger partial charge in [0, 0.05) is 18.4 Å². The SMILES string of the molecule is Cc1ccc(C(=O)Nc2cccc(CO)c2)n1C. The molecule has 0 unspecified atom stereocenters. The van der Waals surface area contributed by atoms with E-state index in [-0.39, 0.29) is 12.5 Å². The van der Waals surface area contributed by atoms with Crippen LogP contribution in [0.4, 0.5) is 5.69 Å². The first-order valence-corrected chi connectivity index (χ1v) is 5.75. The molecule has 0 fully saturated rings. The molecule has 0 aliphatic heterocycles. The van der Waals surface area contributed by atoms with Crippen LogP contribution in [0.15, 0.2) is 36.4 Å². The van der Waals surface area contributed by atoms with E-state index in [4.69, 9.17) is 5.11 Å². The smallest absolute Gasteiger partial charge is 0.272 e. The fourth-order valence-corrected chi connectivity index (χ4v) is 1.78. The van der Waals surface area contributed by atoms with Crippen LogP contribution >= 0.6 is 0 Å². The molecule has 2 aromatic rings. The molecular formula is C14H16N2O2. The molecule has 1 heterocycles. The van der Waals surface area contributed by atoms with Crippen LogP contribution in [0.5, 0.6) is 0 Å². The summed E-state index contributed by atoms with van der Waals surface area (Å²) in [7, 11) is 1.86. The molecule has 94 valence electrons. The summed E-state index contributed by atoms with van der Waals surface area (Å²) in [6, 6.07) is 10.9. The lowest BCUT2D eigenvalue weighted by atomic mass is 10.2. The van der Waals surface area contributed by atoms with Crippen molar-refractivity contribution in [2.24, 2.45) is 7.05 Å². The minimum Gasteiger partial charge on any atom is -0.392 e. The number of aryl methyl sites for hydroxylation is 1. The molecule has 1 aromatic heterocycles. The molecule has 0 saturated carbocycles. The van der Waals surface area contributed by atoms with Crippen molar-refractivity contribution in [3.05, 3.63) is 53.3 Å². The molecule has 0 spiro atoms. The maximum atomic E-state index is 12.1. The van der Waals surface area contributed by atoms with E-state index < -0.39 is 0 Å². The Morgan fingerprint density at radius 1 is 1.33 bits per heavy atom. The monoisotopic (exact) mass is 244 g/mol. The molecule has 2 rings (SSSR count). The van der Waals surface area contributed by atoms with Gasteiger partial charge in [0.05, 0.1) is 6.61 Å². The van der Waals surface area contributed by atoms with Crippen molar-refractivity contribution in [3.63, 3.8) is 0 Å². The van der Waals surface area contributed by atoms with Crippen LogP contribution in [-0.2, 0) is 13.7 Å². The second-order valence-electron chi connectivity index (χ2n) is 4.23. The van der Waals surface area contributed by atoms with Crippen molar-refractivity contribution in [2.75, 3.05) is 5.32 Å². The molecule has 0 aliphatic rings. The van der Waals surface area contributed by atoms with E-state index >= 15 is 0 Å². The largest absolute Gasteiger partial charge is 0.392 e. The summed E-state index contributed by atoms with van der Waals surface area (Å²) in [6.07, 6.45) is 0. The molecule has 0 aliphatic carbocycles. The number of nitrogens with zero attached hydrogens (tertiary/aromatic N) is 1. The minimum atomic E-state index is -0.152. The van der Waals surface area contributed by atoms with E-state index in [0.717, 1.165) is 11.3 Å². The van der Waals surface area contributed by atoms with Gasteiger partial charge in [-0.1, -0.05) is 12.1 Å². The fourth-order valence-electron chi connectivity index (χ4n) is 1.78. The van der Waals surface area contributed by atoms with Crippen molar-refractivity contribution in [3.8, 4) is 0 Å². The van der Waals surface area contributed by atoms with E-state index in [1.165, 1.54) is 0 Å². The molecule has 0 saturated heterocycles. The number of amides is 1. The maximum absolute atomic E-state index is 12.1. The summed E-state index contributed by atoms with van der Waals surface area (Å²) in [5.74, 6) is -0.152. The standard InChI is InChI=1S/C14H16N2O2/c1-10-6-7-13(16(10)2)14(18)15-12-5-3-4-11(8-12)9-17/h3-8,17H,9H2,1-2H3,(H,15,18). The highest BCUT2D eigenvalue weighted by Gasteiger charge is 2.10. The van der Waals surface area contributed by atoms with E-state index in [1.54, 1.807) is 24.3 Å². The zero-order valence-corrected chi connectivity index (χ0v) is 10.5. The van der Waals surface area contributed by atoms with Gasteiger partial charge in [-0.2, -0.15) is 0 Å². The van der Waals surface area contributed by atoms with Gasteiger partial charge in [-0.15, -0.1) is 0 Å². The topological polar surface area (TPSA) is 54.3 Å². The van der Waals surface area contributed by atoms with Gasteiger partial charge in [0.2, 0.25) is 0 Å². The molecule has 18 heavy (non-hydrogen) atoms. The first kappa shape index (κ1) is 12.4. The zero-order valence-electron chi connectivity index (χ0n) is 10.5. The Morgan fingerprint density at radius 2 is 2.11 bits per heavy atom. The van der Waals surface area contributed by atoms with Crippen molar-refractivity contribution in [2.45, 2.75) is 13.5 Å². The zero-order chi connectivity index (χ0) is 13.1. The van der Waals surface area contributed by atoms with Crippen molar-refractivity contribution in [1.82, 2.24) is 4.57 Å². The van der Waals surface area contributed by atoms with Gasteiger partial charge in [0.25, 0.3) is 5.91 Å². The summed E-state index contributed by atoms with van der Waals surface area (Å²) in [6.45, 7) is 1.91. The number of rotatable bonds is 3. The number of aliphatic hydroxyl groups excluding tert-OH is 1. The van der Waals surface area contributed by atoms with Gasteiger partial charge >= 0.3 is 0 Å². The summed E-state index contributed by atoms with van der Waals surface area (Å²) in [5, 5.41) is 11.9. The van der Waals surface area contributed by atoms with Crippen LogP contribution in [0.3, 0.4) is 0 Å². The average Bonchev–Trinajstić information content (AvgIpc) is 2.70. The molecule has 2 N–H and O–H groups in total. The molecular weight excluding hydrogens is 228 g/mol. The van der Waals surface area contributed by atoms with Crippen LogP contribution in [0, 0.1) is 6.92 Å². The predicted octanol–water partition coefficient (Wildman–Crippen LogP) is 2.08. The van der Waals surface area contributed by atoms with E-state index in [2.05, 4.69) is 5.32 Å². The molecule has 1 amide bonds. The number of hydrogen-bond donors (Lipinski definition) is 2. The third-order valence-corrected chi connectivity index (χ3v) is 2.97. The number of carbonyl (C=O) groups is 1. The number of hydrogen-bond acceptors (Lipinski definition) is 2. The summed E-state index contributed by atoms with van der Waals surface area (Å²) in [5.41, 5.74) is 3.10. The number of anilines is 1. The van der Waals surface area contributed by atoms with E-state index in [1.807, 2.05) is 30.7 Å². The van der Waals surface area contributed by atoms with Crippen molar-refractivity contribution in [1.29, 1.82) is 0 Å². The Bertz CT molecular complexity index is 573. The van der Waals surface area contributed by atoms with Crippen molar-refractivity contribution < 1.29 is 9.90 Å². The quantitative estimate of drug-likeness (QED) is 0.868. The van der Waals surface area contributed by atoms with Crippen LogP contribution in [0.2, 0.25) is 0 Å². The van der Waals surface area contributed by atoms with E-state index in [9.17, 15) is 4.79 Å². The van der Waals surface area contributed by atoms with E-state index in [0.29, 0.717) is 11.4 Å². The summed E-state index contributed by atoms with van der Waals surface area (Å²) >= 11 is 0. The maximum Gasteiger partial charge on any atom is 0.272 e.